The van der Waals surface area contributed by atoms with Gasteiger partial charge in [-0.05, 0) is 5.56 Å². The Kier molecular flexibility index (Phi) is 3.54. The van der Waals surface area contributed by atoms with Crippen LogP contribution in [0.5, 0.6) is 0 Å². The number of hydrogen-bond donors (Lipinski definition) is 2. The second-order valence-corrected chi connectivity index (χ2v) is 3.87. The zero-order valence-electron chi connectivity index (χ0n) is 9.10. The van der Waals surface area contributed by atoms with Gasteiger partial charge in [-0.25, -0.2) is 0 Å². The van der Waals surface area contributed by atoms with Crippen LogP contribution in [0, 0.1) is 0 Å². The van der Waals surface area contributed by atoms with E-state index in [2.05, 4.69) is 5.32 Å². The number of nitrogens with one attached hydrogen (secondary N) is 1. The highest BCUT2D eigenvalue weighted by atomic mass is 16.3. The number of amides is 1. The van der Waals surface area contributed by atoms with Crippen LogP contribution in [-0.4, -0.2) is 42.2 Å². The molecule has 1 fully saturated rings. The summed E-state index contributed by atoms with van der Waals surface area (Å²) in [6.07, 6.45) is 0. The lowest BCUT2D eigenvalue weighted by Gasteiger charge is -2.34. The fraction of sp³-hybridized carbons (Fsp3) is 0.417. The lowest BCUT2D eigenvalue weighted by Crippen LogP contribution is -2.50. The molecular formula is C12H16N2O2. The Morgan fingerprint density at radius 3 is 2.75 bits per heavy atom. The maximum Gasteiger partial charge on any atom is 0.237 e. The van der Waals surface area contributed by atoms with Gasteiger partial charge in [-0.15, -0.1) is 0 Å². The van der Waals surface area contributed by atoms with Crippen molar-refractivity contribution in [2.45, 2.75) is 6.04 Å². The molecule has 16 heavy (non-hydrogen) atoms. The maximum atomic E-state index is 11.7. The van der Waals surface area contributed by atoms with Crippen molar-refractivity contribution in [3.8, 4) is 0 Å². The molecule has 2 N–H and O–H groups in total. The molecule has 1 aliphatic heterocycles. The van der Waals surface area contributed by atoms with Crippen molar-refractivity contribution in [3.63, 3.8) is 0 Å². The minimum absolute atomic E-state index is 0.0320. The average molecular weight is 220 g/mol. The van der Waals surface area contributed by atoms with Gasteiger partial charge >= 0.3 is 0 Å². The van der Waals surface area contributed by atoms with E-state index >= 15 is 0 Å². The predicted octanol–water partition coefficient (Wildman–Crippen LogP) is 0.152. The number of benzene rings is 1. The summed E-state index contributed by atoms with van der Waals surface area (Å²) in [5.74, 6) is 0.0501. The molecule has 1 saturated heterocycles. The Labute approximate surface area is 94.9 Å². The molecule has 0 bridgehead atoms. The van der Waals surface area contributed by atoms with Gasteiger partial charge in [0.25, 0.3) is 0 Å². The molecule has 1 amide bonds. The molecule has 1 unspecified atom stereocenters. The molecule has 2 rings (SSSR count). The summed E-state index contributed by atoms with van der Waals surface area (Å²) in [7, 11) is 0. The molecule has 1 aromatic rings. The molecule has 1 aliphatic rings. The van der Waals surface area contributed by atoms with E-state index in [-0.39, 0.29) is 18.6 Å². The van der Waals surface area contributed by atoms with Crippen molar-refractivity contribution in [3.05, 3.63) is 35.9 Å². The smallest absolute Gasteiger partial charge is 0.237 e. The van der Waals surface area contributed by atoms with Gasteiger partial charge in [0.05, 0.1) is 19.2 Å². The van der Waals surface area contributed by atoms with Gasteiger partial charge in [-0.2, -0.15) is 0 Å². The molecule has 86 valence electrons. The highest BCUT2D eigenvalue weighted by Crippen LogP contribution is 2.20. The highest BCUT2D eigenvalue weighted by Gasteiger charge is 2.26. The first-order valence-electron chi connectivity index (χ1n) is 5.49. The minimum atomic E-state index is -0.212. The van der Waals surface area contributed by atoms with Gasteiger partial charge in [0, 0.05) is 13.1 Å². The summed E-state index contributed by atoms with van der Waals surface area (Å²) in [6.45, 7) is 1.77. The first kappa shape index (κ1) is 11.1. The van der Waals surface area contributed by atoms with E-state index in [1.165, 1.54) is 0 Å². The maximum absolute atomic E-state index is 11.7. The van der Waals surface area contributed by atoms with Crippen LogP contribution in [0.3, 0.4) is 0 Å². The molecule has 1 aromatic carbocycles. The average Bonchev–Trinajstić information content (AvgIpc) is 2.34. The Morgan fingerprint density at radius 2 is 2.12 bits per heavy atom. The second-order valence-electron chi connectivity index (χ2n) is 3.87. The third-order valence-corrected chi connectivity index (χ3v) is 2.86. The summed E-state index contributed by atoms with van der Waals surface area (Å²) >= 11 is 0. The minimum Gasteiger partial charge on any atom is -0.394 e. The van der Waals surface area contributed by atoms with E-state index in [0.717, 1.165) is 12.1 Å². The van der Waals surface area contributed by atoms with Crippen molar-refractivity contribution in [1.29, 1.82) is 0 Å². The van der Waals surface area contributed by atoms with Crippen LogP contribution in [0.25, 0.3) is 0 Å². The van der Waals surface area contributed by atoms with E-state index in [4.69, 9.17) is 0 Å². The summed E-state index contributed by atoms with van der Waals surface area (Å²) in [5.41, 5.74) is 0.986. The number of hydrogen-bond acceptors (Lipinski definition) is 3. The number of aliphatic hydroxyl groups is 1. The molecule has 1 atom stereocenters. The molecule has 1 heterocycles. The third kappa shape index (κ3) is 2.23. The van der Waals surface area contributed by atoms with E-state index in [1.54, 1.807) is 4.90 Å². The third-order valence-electron chi connectivity index (χ3n) is 2.86. The number of aliphatic hydroxyl groups excluding tert-OH is 1. The van der Waals surface area contributed by atoms with Crippen LogP contribution in [0.4, 0.5) is 0 Å². The van der Waals surface area contributed by atoms with Crippen LogP contribution >= 0.6 is 0 Å². The normalized spacial score (nSPS) is 18.6. The first-order valence-corrected chi connectivity index (χ1v) is 5.49. The number of carbonyl (C=O) groups excluding carboxylic acids is 1. The standard InChI is InChI=1S/C12H16N2O2/c15-9-11(10-4-2-1-3-5-10)14-7-6-13-8-12(14)16/h1-5,11,13,15H,6-9H2. The summed E-state index contributed by atoms with van der Waals surface area (Å²) in [5, 5.41) is 12.5. The highest BCUT2D eigenvalue weighted by molar-refractivity contribution is 5.79. The van der Waals surface area contributed by atoms with Crippen LogP contribution in [0.15, 0.2) is 30.3 Å². The van der Waals surface area contributed by atoms with E-state index in [0.29, 0.717) is 13.1 Å². The van der Waals surface area contributed by atoms with E-state index < -0.39 is 0 Å². The van der Waals surface area contributed by atoms with E-state index in [9.17, 15) is 9.90 Å². The zero-order chi connectivity index (χ0) is 11.4. The first-order chi connectivity index (χ1) is 7.83. The number of nitrogens with zero attached hydrogens (tertiary/aromatic N) is 1. The SMILES string of the molecule is O=C1CNCCN1C(CO)c1ccccc1. The number of rotatable bonds is 3. The lowest BCUT2D eigenvalue weighted by molar-refractivity contribution is -0.135. The molecule has 4 heteroatoms. The van der Waals surface area contributed by atoms with E-state index in [1.807, 2.05) is 30.3 Å². The summed E-state index contributed by atoms with van der Waals surface area (Å²) in [6, 6.07) is 9.44. The van der Waals surface area contributed by atoms with Gasteiger partial charge in [0.15, 0.2) is 0 Å². The Balaban J connectivity index is 2.18. The summed E-state index contributed by atoms with van der Waals surface area (Å²) < 4.78 is 0. The molecule has 0 saturated carbocycles. The van der Waals surface area contributed by atoms with Gasteiger partial charge in [0.1, 0.15) is 0 Å². The van der Waals surface area contributed by atoms with Crippen LogP contribution < -0.4 is 5.32 Å². The van der Waals surface area contributed by atoms with Gasteiger partial charge in [-0.1, -0.05) is 30.3 Å². The largest absolute Gasteiger partial charge is 0.394 e. The predicted molar refractivity (Wildman–Crippen MR) is 60.9 cm³/mol. The zero-order valence-corrected chi connectivity index (χ0v) is 9.10. The fourth-order valence-electron chi connectivity index (χ4n) is 2.01. The number of carbonyl (C=O) groups is 1. The molecule has 4 nitrogen and oxygen atoms in total. The van der Waals surface area contributed by atoms with Gasteiger partial charge in [-0.3, -0.25) is 4.79 Å². The molecule has 0 aliphatic carbocycles. The monoisotopic (exact) mass is 220 g/mol. The van der Waals surface area contributed by atoms with Crippen molar-refractivity contribution >= 4 is 5.91 Å². The lowest BCUT2D eigenvalue weighted by atomic mass is 10.1. The van der Waals surface area contributed by atoms with Crippen LogP contribution in [-0.2, 0) is 4.79 Å². The fourth-order valence-corrected chi connectivity index (χ4v) is 2.01. The Hall–Kier alpha value is -1.39. The Bertz CT molecular complexity index is 353. The van der Waals surface area contributed by atoms with Crippen molar-refractivity contribution in [2.24, 2.45) is 0 Å². The topological polar surface area (TPSA) is 52.6 Å². The van der Waals surface area contributed by atoms with Crippen molar-refractivity contribution < 1.29 is 9.90 Å². The Morgan fingerprint density at radius 1 is 1.38 bits per heavy atom. The molecule has 0 aromatic heterocycles. The van der Waals surface area contributed by atoms with Crippen LogP contribution in [0.2, 0.25) is 0 Å². The molecule has 0 spiro atoms. The number of piperazine rings is 1. The molecule has 0 radical (unpaired) electrons. The summed E-state index contributed by atoms with van der Waals surface area (Å²) in [4.78, 5) is 13.5. The van der Waals surface area contributed by atoms with Gasteiger partial charge < -0.3 is 15.3 Å². The van der Waals surface area contributed by atoms with Crippen LogP contribution in [0.1, 0.15) is 11.6 Å². The van der Waals surface area contributed by atoms with Crippen molar-refractivity contribution in [1.82, 2.24) is 10.2 Å². The second kappa shape index (κ2) is 5.09. The van der Waals surface area contributed by atoms with Crippen molar-refractivity contribution in [2.75, 3.05) is 26.2 Å². The quantitative estimate of drug-likeness (QED) is 0.762. The van der Waals surface area contributed by atoms with Gasteiger partial charge in [0.2, 0.25) is 5.91 Å². The molecular weight excluding hydrogens is 204 g/mol.